The Balaban J connectivity index is 1.44. The van der Waals surface area contributed by atoms with Gasteiger partial charge < -0.3 is 0 Å². The van der Waals surface area contributed by atoms with Gasteiger partial charge in [0.25, 0.3) is 0 Å². The Morgan fingerprint density at radius 2 is 1.50 bits per heavy atom. The van der Waals surface area contributed by atoms with Crippen molar-refractivity contribution in [1.82, 2.24) is 19.9 Å². The van der Waals surface area contributed by atoms with Crippen molar-refractivity contribution >= 4 is 10.9 Å². The standard InChI is InChI=1S/C26H16N4/c1-2-4-25-21(3-1)10-12-23(30-25)11-7-19-5-8-22(9-6-19)26-24(17-28-18-29-26)20-13-15-27-16-14-20/h1-6,8-10,12-18H. The third kappa shape index (κ3) is 3.65. The number of benzene rings is 2. The SMILES string of the molecule is C(#Cc1ccc2ccccc2n1)c1ccc(-c2ncncc2-c2ccncc2)cc1. The summed E-state index contributed by atoms with van der Waals surface area (Å²) in [5.74, 6) is 6.35. The first-order valence-electron chi connectivity index (χ1n) is 9.55. The van der Waals surface area contributed by atoms with Gasteiger partial charge in [-0.25, -0.2) is 15.0 Å². The molecular weight excluding hydrogens is 368 g/mol. The maximum atomic E-state index is 4.60. The van der Waals surface area contributed by atoms with E-state index in [1.165, 1.54) is 0 Å². The summed E-state index contributed by atoms with van der Waals surface area (Å²) in [6.07, 6.45) is 6.94. The molecule has 0 atom stereocenters. The van der Waals surface area contributed by atoms with E-state index in [0.717, 1.165) is 44.5 Å². The summed E-state index contributed by atoms with van der Waals surface area (Å²) in [6, 6.07) is 24.0. The monoisotopic (exact) mass is 384 g/mol. The Morgan fingerprint density at radius 1 is 0.667 bits per heavy atom. The Labute approximate surface area is 174 Å². The van der Waals surface area contributed by atoms with Crippen molar-refractivity contribution in [1.29, 1.82) is 0 Å². The van der Waals surface area contributed by atoms with Gasteiger partial charge in [0.05, 0.1) is 11.2 Å². The molecule has 0 saturated carbocycles. The molecule has 0 saturated heterocycles. The van der Waals surface area contributed by atoms with E-state index in [-0.39, 0.29) is 0 Å². The summed E-state index contributed by atoms with van der Waals surface area (Å²) in [5.41, 5.74) is 6.53. The number of para-hydroxylation sites is 1. The van der Waals surface area contributed by atoms with Crippen LogP contribution >= 0.6 is 0 Å². The predicted molar refractivity (Wildman–Crippen MR) is 118 cm³/mol. The fourth-order valence-electron chi connectivity index (χ4n) is 3.29. The Morgan fingerprint density at radius 3 is 2.37 bits per heavy atom. The highest BCUT2D eigenvalue weighted by atomic mass is 14.8. The first-order chi connectivity index (χ1) is 14.9. The highest BCUT2D eigenvalue weighted by Gasteiger charge is 2.08. The molecule has 0 N–H and O–H groups in total. The molecule has 3 heterocycles. The summed E-state index contributed by atoms with van der Waals surface area (Å²) in [7, 11) is 0. The van der Waals surface area contributed by atoms with Crippen LogP contribution < -0.4 is 0 Å². The van der Waals surface area contributed by atoms with Gasteiger partial charge in [-0.3, -0.25) is 4.98 Å². The van der Waals surface area contributed by atoms with Gasteiger partial charge in [-0.2, -0.15) is 0 Å². The maximum absolute atomic E-state index is 4.60. The molecule has 0 amide bonds. The van der Waals surface area contributed by atoms with Crippen LogP contribution in [0, 0.1) is 11.8 Å². The first-order valence-corrected chi connectivity index (χ1v) is 9.55. The van der Waals surface area contributed by atoms with Crippen LogP contribution in [0.1, 0.15) is 11.3 Å². The Bertz CT molecular complexity index is 1380. The van der Waals surface area contributed by atoms with Crippen LogP contribution in [0.25, 0.3) is 33.3 Å². The quantitative estimate of drug-likeness (QED) is 0.395. The molecule has 3 aromatic heterocycles. The minimum atomic E-state index is 0.758. The van der Waals surface area contributed by atoms with Gasteiger partial charge in [0.15, 0.2) is 0 Å². The van der Waals surface area contributed by atoms with Gasteiger partial charge in [0.1, 0.15) is 12.0 Å². The van der Waals surface area contributed by atoms with Gasteiger partial charge in [-0.1, -0.05) is 42.3 Å². The molecule has 0 bridgehead atoms. The van der Waals surface area contributed by atoms with E-state index in [4.69, 9.17) is 0 Å². The topological polar surface area (TPSA) is 51.6 Å². The van der Waals surface area contributed by atoms with Crippen molar-refractivity contribution in [3.8, 4) is 34.2 Å². The van der Waals surface area contributed by atoms with E-state index in [1.54, 1.807) is 18.7 Å². The molecule has 5 rings (SSSR count). The van der Waals surface area contributed by atoms with Crippen LogP contribution in [-0.4, -0.2) is 19.9 Å². The van der Waals surface area contributed by atoms with Crippen LogP contribution in [0.5, 0.6) is 0 Å². The van der Waals surface area contributed by atoms with E-state index >= 15 is 0 Å². The molecule has 0 fully saturated rings. The number of hydrogen-bond donors (Lipinski definition) is 0. The number of pyridine rings is 2. The molecule has 0 unspecified atom stereocenters. The third-order valence-corrected chi connectivity index (χ3v) is 4.80. The average Bonchev–Trinajstić information content (AvgIpc) is 2.83. The highest BCUT2D eigenvalue weighted by Crippen LogP contribution is 2.29. The molecule has 30 heavy (non-hydrogen) atoms. The Hall–Kier alpha value is -4.36. The molecule has 0 radical (unpaired) electrons. The van der Waals surface area contributed by atoms with Gasteiger partial charge in [-0.15, -0.1) is 0 Å². The second kappa shape index (κ2) is 7.94. The smallest absolute Gasteiger partial charge is 0.116 e. The summed E-state index contributed by atoms with van der Waals surface area (Å²) >= 11 is 0. The summed E-state index contributed by atoms with van der Waals surface area (Å²) in [5, 5.41) is 1.11. The lowest BCUT2D eigenvalue weighted by molar-refractivity contribution is 1.17. The van der Waals surface area contributed by atoms with E-state index in [1.807, 2.05) is 79.0 Å². The van der Waals surface area contributed by atoms with Crippen molar-refractivity contribution in [3.05, 3.63) is 109 Å². The van der Waals surface area contributed by atoms with Crippen LogP contribution in [0.4, 0.5) is 0 Å². The zero-order valence-electron chi connectivity index (χ0n) is 16.0. The van der Waals surface area contributed by atoms with Crippen molar-refractivity contribution in [2.75, 3.05) is 0 Å². The number of aromatic nitrogens is 4. The number of nitrogens with zero attached hydrogens (tertiary/aromatic N) is 4. The van der Waals surface area contributed by atoms with Crippen molar-refractivity contribution in [2.45, 2.75) is 0 Å². The van der Waals surface area contributed by atoms with Crippen LogP contribution in [0.15, 0.2) is 97.7 Å². The predicted octanol–water partition coefficient (Wildman–Crippen LogP) is 5.15. The molecule has 2 aromatic carbocycles. The molecular formula is C26H16N4. The number of rotatable bonds is 2. The fourth-order valence-corrected chi connectivity index (χ4v) is 3.29. The molecule has 4 heteroatoms. The van der Waals surface area contributed by atoms with Crippen LogP contribution in [0.2, 0.25) is 0 Å². The lowest BCUT2D eigenvalue weighted by atomic mass is 10.0. The normalized spacial score (nSPS) is 10.4. The van der Waals surface area contributed by atoms with Crippen LogP contribution in [-0.2, 0) is 0 Å². The maximum Gasteiger partial charge on any atom is 0.116 e. The minimum absolute atomic E-state index is 0.758. The minimum Gasteiger partial charge on any atom is -0.265 e. The lowest BCUT2D eigenvalue weighted by Gasteiger charge is -2.08. The second-order valence-electron chi connectivity index (χ2n) is 6.74. The molecule has 0 aliphatic rings. The second-order valence-corrected chi connectivity index (χ2v) is 6.74. The van der Waals surface area contributed by atoms with E-state index in [2.05, 4.69) is 31.8 Å². The lowest BCUT2D eigenvalue weighted by Crippen LogP contribution is -1.91. The fraction of sp³-hybridized carbons (Fsp3) is 0. The molecule has 5 aromatic rings. The summed E-state index contributed by atoms with van der Waals surface area (Å²) < 4.78 is 0. The zero-order chi connectivity index (χ0) is 20.2. The van der Waals surface area contributed by atoms with E-state index in [0.29, 0.717) is 0 Å². The number of hydrogen-bond acceptors (Lipinski definition) is 4. The summed E-state index contributed by atoms with van der Waals surface area (Å²) in [4.78, 5) is 17.4. The Kier molecular flexibility index (Phi) is 4.69. The number of fused-ring (bicyclic) bond motifs is 1. The van der Waals surface area contributed by atoms with Gasteiger partial charge in [-0.05, 0) is 47.9 Å². The van der Waals surface area contributed by atoms with Gasteiger partial charge in [0, 0.05) is 40.7 Å². The zero-order valence-corrected chi connectivity index (χ0v) is 16.0. The van der Waals surface area contributed by atoms with E-state index in [9.17, 15) is 0 Å². The molecule has 0 aliphatic heterocycles. The molecule has 0 aliphatic carbocycles. The van der Waals surface area contributed by atoms with Crippen molar-refractivity contribution < 1.29 is 0 Å². The first kappa shape index (κ1) is 17.7. The average molecular weight is 384 g/mol. The van der Waals surface area contributed by atoms with Gasteiger partial charge in [0.2, 0.25) is 0 Å². The van der Waals surface area contributed by atoms with E-state index < -0.39 is 0 Å². The molecule has 4 nitrogen and oxygen atoms in total. The van der Waals surface area contributed by atoms with Crippen molar-refractivity contribution in [2.24, 2.45) is 0 Å². The van der Waals surface area contributed by atoms with Crippen LogP contribution in [0.3, 0.4) is 0 Å². The highest BCUT2D eigenvalue weighted by molar-refractivity contribution is 5.80. The molecule has 140 valence electrons. The largest absolute Gasteiger partial charge is 0.265 e. The molecule has 0 spiro atoms. The van der Waals surface area contributed by atoms with Gasteiger partial charge >= 0.3 is 0 Å². The third-order valence-electron chi connectivity index (χ3n) is 4.80. The summed E-state index contributed by atoms with van der Waals surface area (Å²) in [6.45, 7) is 0. The van der Waals surface area contributed by atoms with Crippen molar-refractivity contribution in [3.63, 3.8) is 0 Å².